The molecule has 330 valence electrons. The number of ketones is 1. The van der Waals surface area contributed by atoms with Crippen LogP contribution >= 0.6 is 0 Å². The maximum Gasteiger partial charge on any atom is 0.315 e. The number of hydrogen-bond acceptors (Lipinski definition) is 15. The van der Waals surface area contributed by atoms with Crippen molar-refractivity contribution in [3.63, 3.8) is 0 Å². The van der Waals surface area contributed by atoms with Crippen molar-refractivity contribution in [3.8, 4) is 0 Å². The molecule has 19 nitrogen and oxygen atoms in total. The van der Waals surface area contributed by atoms with Crippen molar-refractivity contribution in [2.45, 2.75) is 65.3 Å². The van der Waals surface area contributed by atoms with Crippen molar-refractivity contribution in [2.75, 3.05) is 132 Å². The predicted octanol–water partition coefficient (Wildman–Crippen LogP) is 1.17. The third kappa shape index (κ3) is 28.7. The van der Waals surface area contributed by atoms with E-state index in [1.807, 2.05) is 13.8 Å². The molecule has 0 aromatic heterocycles. The maximum atomic E-state index is 12.7. The molecule has 1 aliphatic carbocycles. The number of carboxylic acid groups (broad SMARTS) is 1. The van der Waals surface area contributed by atoms with Crippen LogP contribution in [0.4, 0.5) is 4.79 Å². The van der Waals surface area contributed by atoms with Crippen molar-refractivity contribution in [1.29, 1.82) is 0 Å². The smallest absolute Gasteiger partial charge is 0.315 e. The second kappa shape index (κ2) is 33.7. The first-order chi connectivity index (χ1) is 27.5. The monoisotopic (exact) mass is 819 g/mol. The first-order valence-corrected chi connectivity index (χ1v) is 19.8. The van der Waals surface area contributed by atoms with Gasteiger partial charge in [-0.05, 0) is 38.1 Å². The number of nitrogens with two attached hydrogens (primary N) is 1. The highest BCUT2D eigenvalue weighted by Crippen LogP contribution is 2.36. The highest BCUT2D eigenvalue weighted by Gasteiger charge is 2.34. The van der Waals surface area contributed by atoms with Gasteiger partial charge in [0.25, 0.3) is 0 Å². The fourth-order valence-corrected chi connectivity index (χ4v) is 5.32. The second-order valence-electron chi connectivity index (χ2n) is 13.8. The zero-order chi connectivity index (χ0) is 42.0. The summed E-state index contributed by atoms with van der Waals surface area (Å²) in [5, 5.41) is 27.0. The lowest BCUT2D eigenvalue weighted by Gasteiger charge is -2.29. The molecule has 0 bridgehead atoms. The van der Waals surface area contributed by atoms with Gasteiger partial charge in [-0.2, -0.15) is 0 Å². The van der Waals surface area contributed by atoms with E-state index in [4.69, 9.17) is 48.7 Å². The lowest BCUT2D eigenvalue weighted by Crippen LogP contribution is -2.51. The van der Waals surface area contributed by atoms with Gasteiger partial charge in [-0.3, -0.25) is 19.4 Å². The lowest BCUT2D eigenvalue weighted by molar-refractivity contribution is -0.138. The Morgan fingerprint density at radius 3 is 1.68 bits per heavy atom. The minimum Gasteiger partial charge on any atom is -0.511 e. The first-order valence-electron chi connectivity index (χ1n) is 19.8. The number of carbonyl (C=O) groups excluding carboxylic acids is 3. The summed E-state index contributed by atoms with van der Waals surface area (Å²) in [5.74, 6) is -1.20. The van der Waals surface area contributed by atoms with Crippen LogP contribution in [-0.2, 0) is 52.3 Å². The fraction of sp³-hybridized carbons (Fsp3) is 0.816. The third-order valence-electron chi connectivity index (χ3n) is 8.14. The van der Waals surface area contributed by atoms with Crippen LogP contribution in [0.5, 0.6) is 0 Å². The number of nitrogens with zero attached hydrogens (tertiary/aromatic N) is 1. The lowest BCUT2D eigenvalue weighted by atomic mass is 9.76. The van der Waals surface area contributed by atoms with Crippen LogP contribution in [-0.4, -0.2) is 178 Å². The molecule has 0 unspecified atom stereocenters. The van der Waals surface area contributed by atoms with Gasteiger partial charge in [0.05, 0.1) is 124 Å². The Hall–Kier alpha value is -3.27. The number of aliphatic hydroxyl groups excluding tert-OH is 1. The molecule has 0 saturated carbocycles. The molecule has 57 heavy (non-hydrogen) atoms. The minimum atomic E-state index is -0.929. The number of carboxylic acids is 1. The van der Waals surface area contributed by atoms with Gasteiger partial charge < -0.3 is 69.8 Å². The van der Waals surface area contributed by atoms with Gasteiger partial charge in [-0.15, -0.1) is 0 Å². The molecule has 7 N–H and O–H groups in total. The molecule has 1 atom stereocenters. The van der Waals surface area contributed by atoms with Crippen molar-refractivity contribution < 1.29 is 67.3 Å². The van der Waals surface area contributed by atoms with Crippen LogP contribution in [0.1, 0.15) is 59.3 Å². The normalized spacial score (nSPS) is 14.8. The highest BCUT2D eigenvalue weighted by atomic mass is 16.6. The molecular formula is C38H69N5O14. The minimum absolute atomic E-state index is 0.0709. The van der Waals surface area contributed by atoms with Crippen molar-refractivity contribution in [2.24, 2.45) is 16.1 Å². The molecular weight excluding hydrogens is 750 g/mol. The molecule has 1 aliphatic rings. The van der Waals surface area contributed by atoms with Gasteiger partial charge in [0.2, 0.25) is 5.91 Å². The van der Waals surface area contributed by atoms with Gasteiger partial charge >= 0.3 is 12.0 Å². The molecule has 19 heteroatoms. The van der Waals surface area contributed by atoms with Gasteiger partial charge in [0.1, 0.15) is 11.8 Å². The van der Waals surface area contributed by atoms with Crippen LogP contribution in [0.25, 0.3) is 0 Å². The number of urea groups is 1. The summed E-state index contributed by atoms with van der Waals surface area (Å²) < 4.78 is 43.5. The molecule has 1 rings (SSSR count). The molecule has 0 heterocycles. The Morgan fingerprint density at radius 1 is 0.719 bits per heavy atom. The molecule has 0 spiro atoms. The van der Waals surface area contributed by atoms with Gasteiger partial charge in [0.15, 0.2) is 5.78 Å². The SMILES string of the molecule is CC(=NCCOCCOCCOCCOCCOCCOCCNC(=O)[C@H](CCCCN)NC(=O)NCCOCCOCCC(=O)O)C1=C(O)CC(C)(C)CC1=O. The highest BCUT2D eigenvalue weighted by molar-refractivity contribution is 6.22. The molecule has 0 radical (unpaired) electrons. The fourth-order valence-electron chi connectivity index (χ4n) is 5.32. The number of carbonyl (C=O) groups is 4. The van der Waals surface area contributed by atoms with Crippen molar-refractivity contribution in [3.05, 3.63) is 11.3 Å². The third-order valence-corrected chi connectivity index (χ3v) is 8.14. The van der Waals surface area contributed by atoms with Crippen LogP contribution in [0, 0.1) is 5.41 Å². The van der Waals surface area contributed by atoms with E-state index in [2.05, 4.69) is 20.9 Å². The number of nitrogens with one attached hydrogen (secondary N) is 3. The average Bonchev–Trinajstić information content (AvgIpc) is 3.14. The summed E-state index contributed by atoms with van der Waals surface area (Å²) in [6.45, 7) is 12.6. The summed E-state index contributed by atoms with van der Waals surface area (Å²) in [7, 11) is 0. The Bertz CT molecular complexity index is 1190. The number of allylic oxidation sites excluding steroid dienone is 2. The van der Waals surface area contributed by atoms with E-state index in [1.54, 1.807) is 6.92 Å². The summed E-state index contributed by atoms with van der Waals surface area (Å²) in [4.78, 5) is 52.2. The summed E-state index contributed by atoms with van der Waals surface area (Å²) >= 11 is 0. The van der Waals surface area contributed by atoms with Gasteiger partial charge in [-0.1, -0.05) is 13.8 Å². The number of hydrogen-bond donors (Lipinski definition) is 6. The quantitative estimate of drug-likeness (QED) is 0.0380. The first kappa shape index (κ1) is 51.7. The Morgan fingerprint density at radius 2 is 1.19 bits per heavy atom. The van der Waals surface area contributed by atoms with Gasteiger partial charge in [-0.25, -0.2) is 4.79 Å². The van der Waals surface area contributed by atoms with E-state index in [-0.39, 0.29) is 75.4 Å². The van der Waals surface area contributed by atoms with Crippen LogP contribution < -0.4 is 21.7 Å². The Balaban J connectivity index is 1.96. The largest absolute Gasteiger partial charge is 0.511 e. The zero-order valence-electron chi connectivity index (χ0n) is 34.3. The second-order valence-corrected chi connectivity index (χ2v) is 13.8. The number of amides is 3. The summed E-state index contributed by atoms with van der Waals surface area (Å²) in [6, 6.07) is -1.23. The van der Waals surface area contributed by atoms with E-state index in [9.17, 15) is 24.3 Å². The number of aliphatic imine (C=N–C) groups is 1. The average molecular weight is 820 g/mol. The van der Waals surface area contributed by atoms with Crippen LogP contribution in [0.15, 0.2) is 16.3 Å². The number of Topliss-reactive ketones (excluding diaryl/α,β-unsaturated/α-hetero) is 1. The van der Waals surface area contributed by atoms with E-state index in [0.717, 1.165) is 6.42 Å². The van der Waals surface area contributed by atoms with E-state index < -0.39 is 18.0 Å². The van der Waals surface area contributed by atoms with Gasteiger partial charge in [0, 0.05) is 31.6 Å². The van der Waals surface area contributed by atoms with Crippen LogP contribution in [0.2, 0.25) is 0 Å². The molecule has 0 saturated heterocycles. The van der Waals surface area contributed by atoms with Crippen LogP contribution in [0.3, 0.4) is 0 Å². The molecule has 0 aromatic rings. The molecule has 0 fully saturated rings. The number of rotatable bonds is 37. The summed E-state index contributed by atoms with van der Waals surface area (Å²) in [6.07, 6.45) is 2.63. The van der Waals surface area contributed by atoms with E-state index in [0.29, 0.717) is 123 Å². The topological polar surface area (TPSA) is 257 Å². The van der Waals surface area contributed by atoms with E-state index in [1.165, 1.54) is 0 Å². The Kier molecular flexibility index (Phi) is 30.6. The number of aliphatic hydroxyl groups is 1. The standard InChI is InChI=1S/C38H69N5O14/c1-30(35-32(44)28-38(2,3)29-33(35)45)40-9-13-51-18-20-54-22-24-56-26-27-57-25-23-55-21-19-52-14-10-41-36(48)31(6-4-5-8-39)43-37(49)42-11-15-53-17-16-50-12-7-34(46)47/h31,44H,4-29,39H2,1-3H3,(H,41,48)(H,46,47)(H2,42,43,49)/t31-/m0/s1. The predicted molar refractivity (Wildman–Crippen MR) is 211 cm³/mol. The molecule has 0 aromatic carbocycles. The number of unbranched alkanes of at least 4 members (excludes halogenated alkanes) is 1. The molecule has 3 amide bonds. The van der Waals surface area contributed by atoms with Crippen molar-refractivity contribution >= 4 is 29.4 Å². The molecule has 0 aliphatic heterocycles. The zero-order valence-corrected chi connectivity index (χ0v) is 34.3. The van der Waals surface area contributed by atoms with Crippen molar-refractivity contribution in [1.82, 2.24) is 16.0 Å². The number of aliphatic carboxylic acids is 1. The van der Waals surface area contributed by atoms with E-state index >= 15 is 0 Å². The number of ether oxygens (including phenoxy) is 8. The Labute approximate surface area is 337 Å². The summed E-state index contributed by atoms with van der Waals surface area (Å²) in [5.41, 5.74) is 6.23. The maximum absolute atomic E-state index is 12.7.